The Morgan fingerprint density at radius 2 is 1.18 bits per heavy atom. The van der Waals surface area contributed by atoms with Gasteiger partial charge in [-0.3, -0.25) is 0 Å². The minimum Gasteiger partial charge on any atom is -0.456 e. The van der Waals surface area contributed by atoms with Gasteiger partial charge in [-0.1, -0.05) is 115 Å². The normalized spacial score (nSPS) is 15.6. The highest BCUT2D eigenvalue weighted by Crippen LogP contribution is 2.39. The Balaban J connectivity index is 1.21. The third kappa shape index (κ3) is 4.78. The third-order valence-electron chi connectivity index (χ3n) is 9.74. The molecule has 1 unspecified atom stereocenters. The van der Waals surface area contributed by atoms with Gasteiger partial charge in [-0.05, 0) is 71.5 Å². The van der Waals surface area contributed by atoms with Crippen LogP contribution in [0.1, 0.15) is 35.7 Å². The third-order valence-corrected chi connectivity index (χ3v) is 9.74. The molecule has 5 nitrogen and oxygen atoms in total. The maximum absolute atomic E-state index is 6.53. The van der Waals surface area contributed by atoms with Crippen LogP contribution in [0.15, 0.2) is 158 Å². The van der Waals surface area contributed by atoms with Crippen LogP contribution in [0.2, 0.25) is 0 Å². The van der Waals surface area contributed by atoms with Crippen molar-refractivity contribution in [1.82, 2.24) is 5.32 Å². The molecule has 0 amide bonds. The van der Waals surface area contributed by atoms with Crippen molar-refractivity contribution in [3.63, 3.8) is 0 Å². The zero-order chi connectivity index (χ0) is 33.0. The second-order valence-corrected chi connectivity index (χ2v) is 12.9. The summed E-state index contributed by atoms with van der Waals surface area (Å²) in [4.78, 5) is 10.5. The maximum Gasteiger partial charge on any atom is 0.159 e. The number of hydrogen-bond acceptors (Lipinski definition) is 5. The Bertz CT molecular complexity index is 2780. The first kappa shape index (κ1) is 28.5. The minimum atomic E-state index is -0.430. The summed E-state index contributed by atoms with van der Waals surface area (Å²) < 4.78 is 13.0. The number of furan rings is 2. The second kappa shape index (κ2) is 11.6. The van der Waals surface area contributed by atoms with Gasteiger partial charge in [-0.25, -0.2) is 9.98 Å². The number of benzene rings is 6. The first-order chi connectivity index (χ1) is 24.8. The van der Waals surface area contributed by atoms with E-state index in [2.05, 4.69) is 121 Å². The van der Waals surface area contributed by atoms with Gasteiger partial charge in [0.05, 0.1) is 0 Å². The molecule has 0 bridgehead atoms. The molecule has 1 atom stereocenters. The van der Waals surface area contributed by atoms with Gasteiger partial charge in [0.1, 0.15) is 34.2 Å². The van der Waals surface area contributed by atoms with Gasteiger partial charge in [-0.15, -0.1) is 0 Å². The monoisotopic (exact) mass is 645 g/mol. The highest BCUT2D eigenvalue weighted by atomic mass is 16.3. The molecule has 10 rings (SSSR count). The van der Waals surface area contributed by atoms with E-state index in [4.69, 9.17) is 18.8 Å². The van der Waals surface area contributed by atoms with Crippen molar-refractivity contribution < 1.29 is 8.83 Å². The summed E-state index contributed by atoms with van der Waals surface area (Å²) in [5, 5.41) is 8.17. The van der Waals surface area contributed by atoms with Crippen LogP contribution in [0.25, 0.3) is 67.3 Å². The first-order valence-corrected chi connectivity index (χ1v) is 17.1. The van der Waals surface area contributed by atoms with Crippen molar-refractivity contribution in [2.45, 2.75) is 19.0 Å². The van der Waals surface area contributed by atoms with Crippen molar-refractivity contribution in [2.24, 2.45) is 9.98 Å². The lowest BCUT2D eigenvalue weighted by molar-refractivity contribution is 0.571. The van der Waals surface area contributed by atoms with E-state index in [9.17, 15) is 0 Å². The fourth-order valence-corrected chi connectivity index (χ4v) is 7.41. The SMILES string of the molecule is C1=c2oc3cc(C4=NC(c5cc(-c6ccccc6)c6c(c5)oc5ccccc56)NC(c5ccccc5)=N4)cc(-c4ccccc4)c3c2=CCC1. The molecule has 2 aliphatic rings. The fraction of sp³-hybridized carbons (Fsp3) is 0.0667. The molecule has 0 saturated carbocycles. The van der Waals surface area contributed by atoms with E-state index in [1.54, 1.807) is 0 Å². The van der Waals surface area contributed by atoms with Crippen LogP contribution in [0.4, 0.5) is 0 Å². The number of para-hydroxylation sites is 1. The lowest BCUT2D eigenvalue weighted by atomic mass is 9.95. The molecular weight excluding hydrogens is 615 g/mol. The van der Waals surface area contributed by atoms with Crippen molar-refractivity contribution >= 4 is 56.7 Å². The smallest absolute Gasteiger partial charge is 0.159 e. The van der Waals surface area contributed by atoms with Crippen molar-refractivity contribution in [3.8, 4) is 22.3 Å². The Hall–Kier alpha value is -6.46. The molecule has 3 heterocycles. The molecule has 0 fully saturated rings. The van der Waals surface area contributed by atoms with Gasteiger partial charge in [0.2, 0.25) is 0 Å². The van der Waals surface area contributed by atoms with Crippen LogP contribution in [0, 0.1) is 0 Å². The van der Waals surface area contributed by atoms with E-state index in [1.165, 1.54) is 5.22 Å². The number of aliphatic imine (C=N–C) groups is 2. The van der Waals surface area contributed by atoms with Gasteiger partial charge in [0, 0.05) is 38.1 Å². The molecule has 0 saturated heterocycles. The van der Waals surface area contributed by atoms with Crippen LogP contribution >= 0.6 is 0 Å². The molecule has 0 radical (unpaired) electrons. The summed E-state index contributed by atoms with van der Waals surface area (Å²) >= 11 is 0. The second-order valence-electron chi connectivity index (χ2n) is 12.9. The summed E-state index contributed by atoms with van der Waals surface area (Å²) in [6.45, 7) is 0. The Kier molecular flexibility index (Phi) is 6.62. The van der Waals surface area contributed by atoms with Crippen LogP contribution < -0.4 is 16.0 Å². The molecule has 5 heteroatoms. The number of fused-ring (bicyclic) bond motifs is 6. The number of amidine groups is 2. The number of hydrogen-bond donors (Lipinski definition) is 1. The molecule has 238 valence electrons. The Labute approximate surface area is 288 Å². The average molecular weight is 646 g/mol. The quantitative estimate of drug-likeness (QED) is 0.203. The standard InChI is InChI=1S/C45H31N3O2/c1-4-14-28(15-5-1)35-24-31(26-39-41(35)33-20-10-12-22-37(33)49-39)44-46-43(30-18-8-3-9-19-30)47-45(48-44)32-25-36(29-16-6-2-7-17-29)42-34-21-11-13-23-38(34)50-40(42)27-32/h1-10,12,14-27,44H,11,13H2,(H,46,47,48). The molecule has 6 aromatic carbocycles. The van der Waals surface area contributed by atoms with Gasteiger partial charge < -0.3 is 14.2 Å². The number of rotatable bonds is 5. The zero-order valence-corrected chi connectivity index (χ0v) is 27.1. The first-order valence-electron chi connectivity index (χ1n) is 17.1. The Morgan fingerprint density at radius 3 is 1.94 bits per heavy atom. The molecule has 8 aromatic rings. The fourth-order valence-electron chi connectivity index (χ4n) is 7.41. The van der Waals surface area contributed by atoms with Gasteiger partial charge in [0.15, 0.2) is 5.84 Å². The Morgan fingerprint density at radius 1 is 0.540 bits per heavy atom. The van der Waals surface area contributed by atoms with Gasteiger partial charge >= 0.3 is 0 Å². The zero-order valence-electron chi connectivity index (χ0n) is 27.1. The largest absolute Gasteiger partial charge is 0.456 e. The lowest BCUT2D eigenvalue weighted by Gasteiger charge is -2.24. The van der Waals surface area contributed by atoms with E-state index in [0.29, 0.717) is 5.84 Å². The number of nitrogens with one attached hydrogen (secondary N) is 1. The molecular formula is C45H31N3O2. The number of nitrogens with zero attached hydrogens (tertiary/aromatic N) is 2. The topological polar surface area (TPSA) is 63.0 Å². The van der Waals surface area contributed by atoms with E-state index in [0.717, 1.165) is 95.9 Å². The predicted molar refractivity (Wildman–Crippen MR) is 204 cm³/mol. The van der Waals surface area contributed by atoms with Crippen molar-refractivity contribution in [2.75, 3.05) is 0 Å². The molecule has 1 N–H and O–H groups in total. The van der Waals surface area contributed by atoms with Crippen molar-refractivity contribution in [1.29, 1.82) is 0 Å². The van der Waals surface area contributed by atoms with Crippen LogP contribution in [-0.2, 0) is 0 Å². The molecule has 2 aromatic heterocycles. The predicted octanol–water partition coefficient (Wildman–Crippen LogP) is 9.52. The van der Waals surface area contributed by atoms with Crippen LogP contribution in [0.5, 0.6) is 0 Å². The van der Waals surface area contributed by atoms with Gasteiger partial charge in [-0.2, -0.15) is 0 Å². The van der Waals surface area contributed by atoms with Crippen molar-refractivity contribution in [3.05, 3.63) is 167 Å². The van der Waals surface area contributed by atoms with E-state index < -0.39 is 6.17 Å². The van der Waals surface area contributed by atoms with Crippen LogP contribution in [-0.4, -0.2) is 11.7 Å². The maximum atomic E-state index is 6.53. The lowest BCUT2D eigenvalue weighted by Crippen LogP contribution is -2.33. The molecule has 1 aliphatic heterocycles. The summed E-state index contributed by atoms with van der Waals surface area (Å²) in [6, 6.07) is 48.2. The summed E-state index contributed by atoms with van der Waals surface area (Å²) in [6.07, 6.45) is 6.05. The summed E-state index contributed by atoms with van der Waals surface area (Å²) in [5.74, 6) is 1.40. The van der Waals surface area contributed by atoms with E-state index in [1.807, 2.05) is 36.4 Å². The highest BCUT2D eigenvalue weighted by Gasteiger charge is 2.25. The minimum absolute atomic E-state index is 0.430. The average Bonchev–Trinajstić information content (AvgIpc) is 3.76. The van der Waals surface area contributed by atoms with Crippen LogP contribution in [0.3, 0.4) is 0 Å². The molecule has 0 spiro atoms. The summed E-state index contributed by atoms with van der Waals surface area (Å²) in [5.41, 5.74) is 10.8. The van der Waals surface area contributed by atoms with E-state index >= 15 is 0 Å². The summed E-state index contributed by atoms with van der Waals surface area (Å²) in [7, 11) is 0. The molecule has 50 heavy (non-hydrogen) atoms. The van der Waals surface area contributed by atoms with Gasteiger partial charge in [0.25, 0.3) is 0 Å². The molecule has 1 aliphatic carbocycles. The highest BCUT2D eigenvalue weighted by molar-refractivity contribution is 6.16. The van der Waals surface area contributed by atoms with E-state index in [-0.39, 0.29) is 0 Å².